The van der Waals surface area contributed by atoms with Crippen LogP contribution in [0.2, 0.25) is 0 Å². The maximum Gasteiger partial charge on any atom is 0.325 e. The minimum atomic E-state index is -4.23. The van der Waals surface area contributed by atoms with Gasteiger partial charge in [0, 0.05) is 12.2 Å². The van der Waals surface area contributed by atoms with Gasteiger partial charge in [-0.1, -0.05) is 0 Å². The second kappa shape index (κ2) is 6.01. The van der Waals surface area contributed by atoms with E-state index in [1.165, 1.54) is 0 Å². The van der Waals surface area contributed by atoms with Gasteiger partial charge in [0.25, 0.3) is 15.6 Å². The number of ether oxygens (including phenoxy) is 1. The fraction of sp³-hybridized carbons (Fsp3) is 0.500. The number of nitrogens with one attached hydrogen (secondary N) is 2. The molecule has 112 valence electrons. The number of sulfonamides is 1. The number of nitrogens with zero attached hydrogens (tertiary/aromatic N) is 1. The molecule has 0 unspecified atom stereocenters. The molecule has 0 aliphatic heterocycles. The Morgan fingerprint density at radius 2 is 2.00 bits per heavy atom. The predicted molar refractivity (Wildman–Crippen MR) is 68.7 cm³/mol. The minimum Gasteiger partial charge on any atom is -0.468 e. The average Bonchev–Trinajstić information content (AvgIpc) is 2.34. The number of aromatic amines is 2. The lowest BCUT2D eigenvalue weighted by Gasteiger charge is -2.23. The van der Waals surface area contributed by atoms with Crippen LogP contribution < -0.4 is 11.2 Å². The van der Waals surface area contributed by atoms with E-state index < -0.39 is 44.7 Å². The molecule has 0 aliphatic carbocycles. The van der Waals surface area contributed by atoms with Gasteiger partial charge in [0.2, 0.25) is 0 Å². The first-order valence-corrected chi connectivity index (χ1v) is 7.04. The van der Waals surface area contributed by atoms with Gasteiger partial charge in [0.1, 0.15) is 6.54 Å². The van der Waals surface area contributed by atoms with E-state index in [9.17, 15) is 22.8 Å². The zero-order valence-corrected chi connectivity index (χ0v) is 12.0. The van der Waals surface area contributed by atoms with Crippen LogP contribution in [0.1, 0.15) is 13.8 Å². The summed E-state index contributed by atoms with van der Waals surface area (Å²) in [4.78, 5) is 37.0. The molecular weight excluding hydrogens is 290 g/mol. The first-order valence-electron chi connectivity index (χ1n) is 5.60. The molecular formula is C10H15N3O6S. The monoisotopic (exact) mass is 305 g/mol. The highest BCUT2D eigenvalue weighted by molar-refractivity contribution is 7.89. The van der Waals surface area contributed by atoms with Crippen molar-refractivity contribution >= 4 is 16.0 Å². The molecule has 1 aromatic heterocycles. The number of carbonyl (C=O) groups is 1. The van der Waals surface area contributed by atoms with E-state index in [1.807, 2.05) is 4.98 Å². The first-order chi connectivity index (χ1) is 9.20. The van der Waals surface area contributed by atoms with Crippen molar-refractivity contribution in [3.63, 3.8) is 0 Å². The molecule has 0 saturated carbocycles. The number of esters is 1. The van der Waals surface area contributed by atoms with Crippen LogP contribution in [-0.4, -0.2) is 48.4 Å². The molecule has 0 saturated heterocycles. The fourth-order valence-corrected chi connectivity index (χ4v) is 3.03. The Hall–Kier alpha value is -1.94. The van der Waals surface area contributed by atoms with Crippen molar-refractivity contribution < 1.29 is 17.9 Å². The van der Waals surface area contributed by atoms with E-state index in [2.05, 4.69) is 9.72 Å². The second-order valence-electron chi connectivity index (χ2n) is 4.16. The third kappa shape index (κ3) is 3.33. The number of methoxy groups -OCH3 is 1. The summed E-state index contributed by atoms with van der Waals surface area (Å²) in [6.07, 6.45) is 0.795. The van der Waals surface area contributed by atoms with Crippen molar-refractivity contribution in [2.75, 3.05) is 13.7 Å². The van der Waals surface area contributed by atoms with Gasteiger partial charge in [-0.25, -0.2) is 13.2 Å². The van der Waals surface area contributed by atoms with Gasteiger partial charge in [0.05, 0.1) is 7.11 Å². The number of rotatable bonds is 5. The number of carbonyl (C=O) groups excluding carboxylic acids is 1. The molecule has 0 fully saturated rings. The quantitative estimate of drug-likeness (QED) is 0.646. The fourth-order valence-electron chi connectivity index (χ4n) is 1.45. The van der Waals surface area contributed by atoms with Crippen molar-refractivity contribution in [2.45, 2.75) is 24.8 Å². The molecule has 0 atom stereocenters. The van der Waals surface area contributed by atoms with Gasteiger partial charge in [-0.2, -0.15) is 4.31 Å². The third-order valence-electron chi connectivity index (χ3n) is 2.46. The van der Waals surface area contributed by atoms with Crippen LogP contribution in [0.25, 0.3) is 0 Å². The van der Waals surface area contributed by atoms with Crippen LogP contribution >= 0.6 is 0 Å². The lowest BCUT2D eigenvalue weighted by Crippen LogP contribution is -2.43. The molecule has 9 nitrogen and oxygen atoms in total. The number of hydrogen-bond donors (Lipinski definition) is 2. The normalized spacial score (nSPS) is 11.8. The first kappa shape index (κ1) is 16.1. The van der Waals surface area contributed by atoms with Crippen LogP contribution in [0, 0.1) is 0 Å². The zero-order valence-electron chi connectivity index (χ0n) is 11.2. The third-order valence-corrected chi connectivity index (χ3v) is 4.49. The molecule has 1 aromatic rings. The highest BCUT2D eigenvalue weighted by Crippen LogP contribution is 2.13. The second-order valence-corrected chi connectivity index (χ2v) is 6.02. The van der Waals surface area contributed by atoms with E-state index in [1.54, 1.807) is 13.8 Å². The highest BCUT2D eigenvalue weighted by Gasteiger charge is 2.31. The molecule has 0 bridgehead atoms. The Labute approximate surface area is 114 Å². The molecule has 2 N–H and O–H groups in total. The molecule has 10 heteroatoms. The van der Waals surface area contributed by atoms with Crippen molar-refractivity contribution in [3.05, 3.63) is 27.0 Å². The summed E-state index contributed by atoms with van der Waals surface area (Å²) in [5, 5.41) is 0. The Morgan fingerprint density at radius 1 is 1.40 bits per heavy atom. The summed E-state index contributed by atoms with van der Waals surface area (Å²) in [5.74, 6) is -0.761. The van der Waals surface area contributed by atoms with Crippen molar-refractivity contribution in [2.24, 2.45) is 0 Å². The molecule has 0 amide bonds. The standard InChI is InChI=1S/C10H15N3O6S/c1-6(2)13(5-8(14)19-3)20(17,18)7-4-11-10(16)12-9(7)15/h4,6H,5H2,1-3H3,(H2,11,12,15,16). The largest absolute Gasteiger partial charge is 0.468 e. The minimum absolute atomic E-state index is 0.533. The van der Waals surface area contributed by atoms with Crippen molar-refractivity contribution in [1.82, 2.24) is 14.3 Å². The Balaban J connectivity index is 3.33. The van der Waals surface area contributed by atoms with Gasteiger partial charge >= 0.3 is 11.7 Å². The summed E-state index contributed by atoms with van der Waals surface area (Å²) in [6.45, 7) is 2.55. The van der Waals surface area contributed by atoms with Crippen LogP contribution in [0.5, 0.6) is 0 Å². The smallest absolute Gasteiger partial charge is 0.325 e. The van der Waals surface area contributed by atoms with Gasteiger partial charge in [0.15, 0.2) is 4.90 Å². The molecule has 1 rings (SSSR count). The Bertz CT molecular complexity index is 702. The van der Waals surface area contributed by atoms with Crippen LogP contribution in [0.15, 0.2) is 20.7 Å². The van der Waals surface area contributed by atoms with E-state index in [0.29, 0.717) is 0 Å². The Kier molecular flexibility index (Phi) is 4.84. The van der Waals surface area contributed by atoms with Crippen molar-refractivity contribution in [1.29, 1.82) is 0 Å². The van der Waals surface area contributed by atoms with E-state index in [4.69, 9.17) is 0 Å². The predicted octanol–water partition coefficient (Wildman–Crippen LogP) is -1.36. The van der Waals surface area contributed by atoms with Crippen LogP contribution in [-0.2, 0) is 19.6 Å². The zero-order chi connectivity index (χ0) is 15.5. The summed E-state index contributed by atoms with van der Waals surface area (Å²) in [7, 11) is -3.11. The Morgan fingerprint density at radius 3 is 2.45 bits per heavy atom. The average molecular weight is 305 g/mol. The summed E-state index contributed by atoms with van der Waals surface area (Å²) in [6, 6.07) is -0.578. The van der Waals surface area contributed by atoms with Crippen LogP contribution in [0.3, 0.4) is 0 Å². The summed E-state index contributed by atoms with van der Waals surface area (Å²) in [5.41, 5.74) is -1.87. The lowest BCUT2D eigenvalue weighted by molar-refractivity contribution is -0.141. The van der Waals surface area contributed by atoms with Crippen molar-refractivity contribution in [3.8, 4) is 0 Å². The highest BCUT2D eigenvalue weighted by atomic mass is 32.2. The molecule has 20 heavy (non-hydrogen) atoms. The van der Waals surface area contributed by atoms with E-state index >= 15 is 0 Å². The topological polar surface area (TPSA) is 129 Å². The SMILES string of the molecule is COC(=O)CN(C(C)C)S(=O)(=O)c1c[nH]c(=O)[nH]c1=O. The van der Waals surface area contributed by atoms with Crippen LogP contribution in [0.4, 0.5) is 0 Å². The van der Waals surface area contributed by atoms with Gasteiger partial charge < -0.3 is 9.72 Å². The molecule has 0 aromatic carbocycles. The van der Waals surface area contributed by atoms with Gasteiger partial charge in [-0.15, -0.1) is 0 Å². The maximum absolute atomic E-state index is 12.3. The van der Waals surface area contributed by atoms with Gasteiger partial charge in [-0.05, 0) is 13.8 Å². The number of H-pyrrole nitrogens is 2. The summed E-state index contributed by atoms with van der Waals surface area (Å²) >= 11 is 0. The lowest BCUT2D eigenvalue weighted by atomic mass is 10.4. The van der Waals surface area contributed by atoms with Gasteiger partial charge in [-0.3, -0.25) is 14.6 Å². The molecule has 1 heterocycles. The van der Waals surface area contributed by atoms with E-state index in [0.717, 1.165) is 17.6 Å². The number of hydrogen-bond acceptors (Lipinski definition) is 6. The summed E-state index contributed by atoms with van der Waals surface area (Å²) < 4.78 is 29.9. The molecule has 0 aliphatic rings. The molecule has 0 spiro atoms. The molecule has 0 radical (unpaired) electrons. The van der Waals surface area contributed by atoms with E-state index in [-0.39, 0.29) is 0 Å². The number of aromatic nitrogens is 2. The maximum atomic E-state index is 12.3.